The Hall–Kier alpha value is -10.2. The van der Waals surface area contributed by atoms with Crippen LogP contribution in [0.15, 0.2) is 114 Å². The summed E-state index contributed by atoms with van der Waals surface area (Å²) in [5.74, 6) is -9.83. The molecular weight excluding hydrogens is 1360 g/mol. The lowest BCUT2D eigenvalue weighted by Crippen LogP contribution is -2.60. The maximum absolute atomic E-state index is 14.3. The highest BCUT2D eigenvalue weighted by Crippen LogP contribution is 2.43. The number of aliphatic imine (C=N–C) groups is 1. The molecule has 11 amide bonds. The minimum atomic E-state index is -1.56. The van der Waals surface area contributed by atoms with Gasteiger partial charge in [-0.3, -0.25) is 57.7 Å². The summed E-state index contributed by atoms with van der Waals surface area (Å²) in [5, 5.41) is 35.8. The van der Waals surface area contributed by atoms with E-state index in [1.165, 1.54) is 23.6 Å². The number of rotatable bonds is 30. The lowest BCUT2D eigenvalue weighted by molar-refractivity contribution is -0.142. The van der Waals surface area contributed by atoms with Crippen molar-refractivity contribution in [3.8, 4) is 0 Å². The first kappa shape index (κ1) is 74.0. The van der Waals surface area contributed by atoms with Gasteiger partial charge in [-0.25, -0.2) is 14.6 Å². The van der Waals surface area contributed by atoms with Crippen LogP contribution < -0.4 is 58.9 Å². The van der Waals surface area contributed by atoms with Crippen molar-refractivity contribution in [1.82, 2.24) is 36.8 Å². The highest BCUT2D eigenvalue weighted by Gasteiger charge is 2.45. The summed E-state index contributed by atoms with van der Waals surface area (Å²) in [5.41, 5.74) is 18.5. The van der Waals surface area contributed by atoms with E-state index >= 15 is 0 Å². The summed E-state index contributed by atoms with van der Waals surface area (Å²) in [6.45, 7) is 10.0. The number of imide groups is 2. The molecule has 3 fully saturated rings. The Balaban J connectivity index is 0.671. The highest BCUT2D eigenvalue weighted by molar-refractivity contribution is 8.01. The van der Waals surface area contributed by atoms with Crippen LogP contribution >= 0.6 is 23.5 Å². The van der Waals surface area contributed by atoms with Gasteiger partial charge in [-0.15, -0.1) is 23.5 Å². The van der Waals surface area contributed by atoms with Crippen molar-refractivity contribution in [2.75, 3.05) is 34.4 Å². The smallest absolute Gasteiger partial charge is 0.327 e. The number of nitrogens with one attached hydrogen (secondary N) is 6. The van der Waals surface area contributed by atoms with E-state index in [9.17, 15) is 62.6 Å². The van der Waals surface area contributed by atoms with E-state index in [0.29, 0.717) is 29.6 Å². The van der Waals surface area contributed by atoms with Crippen molar-refractivity contribution in [2.45, 2.75) is 152 Å². The summed E-state index contributed by atoms with van der Waals surface area (Å²) in [4.78, 5) is 175. The number of thioether (sulfide) groups is 2. The van der Waals surface area contributed by atoms with Crippen LogP contribution in [-0.2, 0) is 57.5 Å². The molecule has 3 aliphatic heterocycles. The quantitative estimate of drug-likeness (QED) is 0.00884. The lowest BCUT2D eigenvalue weighted by Gasteiger charge is -2.29. The van der Waals surface area contributed by atoms with E-state index in [4.69, 9.17) is 17.2 Å². The van der Waals surface area contributed by atoms with Gasteiger partial charge in [0.2, 0.25) is 65.0 Å². The monoisotopic (exact) mass is 1440 g/mol. The molecule has 3 saturated heterocycles. The average Bonchev–Trinajstić information content (AvgIpc) is 1.65. The standard InChI is InChI=1S/C75H85N13O13S2/c1-7-38(4)64(70(96)84-52(74(100)101)36-103-57-34-59(90)88(73(57)99)54-29-25-46-21-19-42-13-9-15-44-23-27-48(54)63(46)61(42)44)85-66(92)40(6)80-68(94)51(32-37(2)3)83-67(93)50(16-10-30-79-75(77)78)82-65(91)39(5)81-69(95)55-17-11-31-86(55)71(97)49(76)35-102-56-33-58(89)87(72(56)98)53-28-24-45-20-18-41-12-8-14-43-22-26-47(53)62(45)60(41)43/h8-9,12-15,18-29,37-40,49-52,55-57,64H,7,10-11,16-17,30-36,76H2,1-6H3,(H,80,94)(H,81,95)(H,82,91)(H,83,93)(H,84,96)(H,85,92)(H,100,101)(H4,77,78,79)/t38-,39-,40-,49-,50-,51-,52-,55-,56?,57?,64-/m0/s1. The van der Waals surface area contributed by atoms with Gasteiger partial charge in [0, 0.05) is 48.2 Å². The van der Waals surface area contributed by atoms with Crippen LogP contribution in [0.4, 0.5) is 11.4 Å². The van der Waals surface area contributed by atoms with Gasteiger partial charge in [0.25, 0.3) is 0 Å². The lowest BCUT2D eigenvalue weighted by atomic mass is 9.93. The van der Waals surface area contributed by atoms with Crippen molar-refractivity contribution in [3.05, 3.63) is 109 Å². The molecule has 28 heteroatoms. The van der Waals surface area contributed by atoms with Crippen molar-refractivity contribution in [2.24, 2.45) is 34.0 Å². The number of benzene rings is 8. The molecule has 0 radical (unpaired) electrons. The molecule has 0 spiro atoms. The second-order valence-corrected chi connectivity index (χ2v) is 29.8. The normalized spacial score (nSPS) is 18.7. The minimum absolute atomic E-state index is 0.0383. The number of amides is 11. The predicted octanol–water partition coefficient (Wildman–Crippen LogP) is 5.41. The molecule has 26 nitrogen and oxygen atoms in total. The number of aliphatic carboxylic acids is 1. The second kappa shape index (κ2) is 31.6. The van der Waals surface area contributed by atoms with E-state index in [1.54, 1.807) is 39.8 Å². The molecule has 3 aliphatic rings. The van der Waals surface area contributed by atoms with E-state index in [2.05, 4.69) is 36.9 Å². The van der Waals surface area contributed by atoms with Crippen molar-refractivity contribution >= 4 is 176 Å². The zero-order valence-electron chi connectivity index (χ0n) is 58.0. The summed E-state index contributed by atoms with van der Waals surface area (Å²) < 4.78 is 0. The van der Waals surface area contributed by atoms with Gasteiger partial charge in [0.05, 0.1) is 27.9 Å². The van der Waals surface area contributed by atoms with Crippen LogP contribution in [0.3, 0.4) is 0 Å². The van der Waals surface area contributed by atoms with Gasteiger partial charge in [0.1, 0.15) is 42.3 Å². The maximum atomic E-state index is 14.3. The average molecular weight is 1440 g/mol. The molecule has 11 rings (SSSR count). The summed E-state index contributed by atoms with van der Waals surface area (Å²) in [6, 6.07) is 24.8. The number of likely N-dealkylation sites (tertiary alicyclic amines) is 1. The molecule has 0 aromatic heterocycles. The van der Waals surface area contributed by atoms with Crippen LogP contribution in [0, 0.1) is 11.8 Å². The Morgan fingerprint density at radius 2 is 1.03 bits per heavy atom. The van der Waals surface area contributed by atoms with Gasteiger partial charge in [0.15, 0.2) is 5.96 Å². The van der Waals surface area contributed by atoms with E-state index < -0.39 is 130 Å². The SMILES string of the molecule is CC[C@H](C)[C@H](NC(=O)[C@H](C)NC(=O)[C@H](CC(C)C)NC(=O)[C@H](CCCN=C(N)N)NC(=O)[C@H](C)NC(=O)[C@@H]1CCCN1C(=O)[C@@H](N)CSC1CC(=O)N(c2ccc3ccc4cccc5ccc2c3c45)C1=O)C(=O)N[C@@H](CSC1CC(=O)N(c2ccc3ccc4cccc5ccc2c3c45)C1=O)C(=O)O. The fourth-order valence-corrected chi connectivity index (χ4v) is 16.3. The second-order valence-electron chi connectivity index (χ2n) is 27.3. The van der Waals surface area contributed by atoms with Crippen LogP contribution in [0.1, 0.15) is 92.9 Å². The number of carboxylic acids is 1. The van der Waals surface area contributed by atoms with Crippen molar-refractivity contribution in [1.29, 1.82) is 0 Å². The molecule has 8 aromatic rings. The molecule has 2 unspecified atom stereocenters. The fourth-order valence-electron chi connectivity index (χ4n) is 14.0. The summed E-state index contributed by atoms with van der Waals surface area (Å²) in [7, 11) is 0. The molecule has 11 atom stereocenters. The van der Waals surface area contributed by atoms with Crippen LogP contribution in [-0.4, -0.2) is 170 Å². The summed E-state index contributed by atoms with van der Waals surface area (Å²) >= 11 is 2.02. The highest BCUT2D eigenvalue weighted by atomic mass is 32.2. The van der Waals surface area contributed by atoms with Gasteiger partial charge in [-0.2, -0.15) is 0 Å². The molecule has 13 N–H and O–H groups in total. The first-order chi connectivity index (χ1) is 49.2. The molecule has 0 aliphatic carbocycles. The Bertz CT molecular complexity index is 4670. The van der Waals surface area contributed by atoms with Crippen LogP contribution in [0.2, 0.25) is 0 Å². The summed E-state index contributed by atoms with van der Waals surface area (Å²) in [6.07, 6.45) is 0.887. The van der Waals surface area contributed by atoms with Crippen molar-refractivity contribution in [3.63, 3.8) is 0 Å². The molecular formula is C75H85N13O13S2. The number of carbonyl (C=O) groups is 12. The number of hydrogen-bond donors (Lipinski definition) is 10. The largest absolute Gasteiger partial charge is 0.480 e. The number of anilines is 2. The Morgan fingerprint density at radius 3 is 1.54 bits per heavy atom. The number of guanidine groups is 1. The molecule has 540 valence electrons. The van der Waals surface area contributed by atoms with Gasteiger partial charge in [-0.1, -0.05) is 131 Å². The number of nitrogens with two attached hydrogens (primary N) is 3. The first-order valence-corrected chi connectivity index (χ1v) is 36.8. The zero-order valence-corrected chi connectivity index (χ0v) is 59.6. The molecule has 8 aromatic carbocycles. The number of carboxylic acid groups (broad SMARTS) is 1. The third kappa shape index (κ3) is 15.8. The number of hydrogen-bond acceptors (Lipinski definition) is 16. The van der Waals surface area contributed by atoms with E-state index in [0.717, 1.165) is 87.7 Å². The molecule has 103 heavy (non-hydrogen) atoms. The molecule has 0 saturated carbocycles. The third-order valence-electron chi connectivity index (χ3n) is 19.6. The predicted molar refractivity (Wildman–Crippen MR) is 399 cm³/mol. The Kier molecular flexibility index (Phi) is 22.7. The maximum Gasteiger partial charge on any atom is 0.327 e. The van der Waals surface area contributed by atoms with E-state index in [1.807, 2.05) is 97.1 Å². The Labute approximate surface area is 602 Å². The topological polar surface area (TPSA) is 397 Å². The van der Waals surface area contributed by atoms with Crippen LogP contribution in [0.25, 0.3) is 64.6 Å². The Morgan fingerprint density at radius 1 is 0.563 bits per heavy atom. The number of nitrogens with zero attached hydrogens (tertiary/aromatic N) is 4. The van der Waals surface area contributed by atoms with Gasteiger partial charge < -0.3 is 59.1 Å². The number of carbonyl (C=O) groups excluding carboxylic acids is 11. The van der Waals surface area contributed by atoms with Crippen LogP contribution in [0.5, 0.6) is 0 Å². The molecule has 3 heterocycles. The van der Waals surface area contributed by atoms with Gasteiger partial charge >= 0.3 is 5.97 Å². The molecule has 0 bridgehead atoms. The minimum Gasteiger partial charge on any atom is -0.480 e. The van der Waals surface area contributed by atoms with Gasteiger partial charge in [-0.05, 0) is 124 Å². The zero-order chi connectivity index (χ0) is 73.8. The fraction of sp³-hybridized carbons (Fsp3) is 0.400. The van der Waals surface area contributed by atoms with E-state index in [-0.39, 0.29) is 80.9 Å². The third-order valence-corrected chi connectivity index (χ3v) is 22.2. The van der Waals surface area contributed by atoms with Crippen molar-refractivity contribution < 1.29 is 62.6 Å². The first-order valence-electron chi connectivity index (χ1n) is 34.7.